The maximum atomic E-state index is 11.8. The lowest BCUT2D eigenvalue weighted by molar-refractivity contribution is -0.140. The number of fused-ring (bicyclic) bond motifs is 5. The number of terminal acetylenes is 1. The Labute approximate surface area is 146 Å². The van der Waals surface area contributed by atoms with Crippen LogP contribution in [0.3, 0.4) is 0 Å². The van der Waals surface area contributed by atoms with Crippen LogP contribution in [-0.2, 0) is 4.79 Å². The molecule has 4 rings (SSSR count). The number of allylic oxidation sites excluding steroid dienone is 1. The molecule has 0 amide bonds. The van der Waals surface area contributed by atoms with Crippen LogP contribution in [0.1, 0.15) is 71.6 Å². The van der Waals surface area contributed by atoms with Gasteiger partial charge < -0.3 is 5.11 Å². The van der Waals surface area contributed by atoms with E-state index in [1.165, 1.54) is 5.57 Å². The molecule has 0 heterocycles. The van der Waals surface area contributed by atoms with Crippen molar-refractivity contribution in [1.82, 2.24) is 0 Å². The van der Waals surface area contributed by atoms with E-state index in [9.17, 15) is 9.90 Å². The number of carbonyl (C=O) groups is 1. The summed E-state index contributed by atoms with van der Waals surface area (Å²) >= 11 is 0. The first-order valence-electron chi connectivity index (χ1n) is 9.83. The van der Waals surface area contributed by atoms with E-state index < -0.39 is 5.60 Å². The van der Waals surface area contributed by atoms with Crippen LogP contribution in [0.25, 0.3) is 0 Å². The molecule has 4 aliphatic rings. The second-order valence-electron chi connectivity index (χ2n) is 9.09. The first kappa shape index (κ1) is 16.4. The maximum Gasteiger partial charge on any atom is 0.155 e. The molecule has 24 heavy (non-hydrogen) atoms. The zero-order valence-corrected chi connectivity index (χ0v) is 15.1. The average Bonchev–Trinajstić information content (AvgIpc) is 2.89. The van der Waals surface area contributed by atoms with E-state index in [2.05, 4.69) is 19.8 Å². The lowest BCUT2D eigenvalue weighted by atomic mass is 9.43. The van der Waals surface area contributed by atoms with Gasteiger partial charge in [-0.25, -0.2) is 0 Å². The minimum atomic E-state index is -0.918. The van der Waals surface area contributed by atoms with Gasteiger partial charge in [0.2, 0.25) is 0 Å². The molecule has 0 saturated heterocycles. The third-order valence-corrected chi connectivity index (χ3v) is 8.66. The topological polar surface area (TPSA) is 37.3 Å². The fourth-order valence-electron chi connectivity index (χ4n) is 7.46. The molecule has 130 valence electrons. The lowest BCUT2D eigenvalue weighted by Crippen LogP contribution is -2.57. The van der Waals surface area contributed by atoms with Gasteiger partial charge in [-0.2, -0.15) is 0 Å². The molecule has 0 aromatic carbocycles. The van der Waals surface area contributed by atoms with Crippen molar-refractivity contribution in [2.24, 2.45) is 28.6 Å². The Bertz CT molecular complexity index is 641. The van der Waals surface area contributed by atoms with Gasteiger partial charge in [-0.3, -0.25) is 4.79 Å². The standard InChI is InChI=1S/C22H30O2/c1-4-21-12-9-18-17-7-6-16(23)14-15(17)8-11-20(18,3)19(21)10-13-22(21,24)5-2/h2,14,17-19,24H,4,6-13H2,1,3H3/t17-,18+,19-,20+,21-,22-/m0/s1. The lowest BCUT2D eigenvalue weighted by Gasteiger charge is -2.61. The Morgan fingerprint density at radius 2 is 2.04 bits per heavy atom. The van der Waals surface area contributed by atoms with Crippen molar-refractivity contribution >= 4 is 5.78 Å². The van der Waals surface area contributed by atoms with E-state index in [1.807, 2.05) is 6.08 Å². The van der Waals surface area contributed by atoms with E-state index in [0.29, 0.717) is 23.5 Å². The molecule has 0 aromatic rings. The number of ketones is 1. The van der Waals surface area contributed by atoms with Gasteiger partial charge in [-0.1, -0.05) is 25.3 Å². The van der Waals surface area contributed by atoms with Crippen molar-refractivity contribution in [1.29, 1.82) is 0 Å². The highest BCUT2D eigenvalue weighted by Gasteiger charge is 2.67. The van der Waals surface area contributed by atoms with Crippen LogP contribution in [0.15, 0.2) is 11.6 Å². The Balaban J connectivity index is 1.74. The van der Waals surface area contributed by atoms with E-state index >= 15 is 0 Å². The van der Waals surface area contributed by atoms with E-state index in [-0.39, 0.29) is 10.8 Å². The highest BCUT2D eigenvalue weighted by atomic mass is 16.3. The largest absolute Gasteiger partial charge is 0.377 e. The predicted octanol–water partition coefficient (Wildman–Crippen LogP) is 4.27. The zero-order valence-electron chi connectivity index (χ0n) is 15.1. The quantitative estimate of drug-likeness (QED) is 0.731. The number of hydrogen-bond acceptors (Lipinski definition) is 2. The third kappa shape index (κ3) is 1.86. The molecule has 1 N–H and O–H groups in total. The second-order valence-corrected chi connectivity index (χ2v) is 9.09. The van der Waals surface area contributed by atoms with Gasteiger partial charge in [0.25, 0.3) is 0 Å². The average molecular weight is 326 g/mol. The maximum absolute atomic E-state index is 11.8. The Morgan fingerprint density at radius 3 is 2.75 bits per heavy atom. The molecule has 6 atom stereocenters. The molecular formula is C22H30O2. The highest BCUT2D eigenvalue weighted by molar-refractivity contribution is 5.91. The Kier molecular flexibility index (Phi) is 3.56. The van der Waals surface area contributed by atoms with Gasteiger partial charge in [-0.05, 0) is 80.6 Å². The third-order valence-electron chi connectivity index (χ3n) is 8.66. The van der Waals surface area contributed by atoms with Crippen molar-refractivity contribution in [3.8, 4) is 12.3 Å². The summed E-state index contributed by atoms with van der Waals surface area (Å²) in [6.07, 6.45) is 16.8. The van der Waals surface area contributed by atoms with Gasteiger partial charge in [0.15, 0.2) is 5.78 Å². The fourth-order valence-corrected chi connectivity index (χ4v) is 7.46. The van der Waals surface area contributed by atoms with E-state index in [0.717, 1.165) is 57.8 Å². The molecule has 0 radical (unpaired) electrons. The summed E-state index contributed by atoms with van der Waals surface area (Å²) in [5, 5.41) is 11.2. The van der Waals surface area contributed by atoms with Crippen LogP contribution in [0, 0.1) is 40.9 Å². The molecule has 2 heteroatoms. The second kappa shape index (κ2) is 5.21. The molecular weight excluding hydrogens is 296 g/mol. The Morgan fingerprint density at radius 1 is 1.25 bits per heavy atom. The van der Waals surface area contributed by atoms with Crippen LogP contribution in [0.4, 0.5) is 0 Å². The molecule has 2 nitrogen and oxygen atoms in total. The van der Waals surface area contributed by atoms with Gasteiger partial charge in [0, 0.05) is 11.8 Å². The molecule has 3 fully saturated rings. The van der Waals surface area contributed by atoms with Gasteiger partial charge in [0.05, 0.1) is 0 Å². The molecule has 4 aliphatic carbocycles. The van der Waals surface area contributed by atoms with Crippen LogP contribution in [0.2, 0.25) is 0 Å². The van der Waals surface area contributed by atoms with Gasteiger partial charge >= 0.3 is 0 Å². The minimum Gasteiger partial charge on any atom is -0.377 e. The summed E-state index contributed by atoms with van der Waals surface area (Å²) in [5.74, 6) is 4.91. The van der Waals surface area contributed by atoms with Crippen molar-refractivity contribution in [3.05, 3.63) is 11.6 Å². The van der Waals surface area contributed by atoms with Crippen LogP contribution in [-0.4, -0.2) is 16.5 Å². The van der Waals surface area contributed by atoms with Crippen molar-refractivity contribution in [2.45, 2.75) is 77.2 Å². The summed E-state index contributed by atoms with van der Waals surface area (Å²) in [6.45, 7) is 4.69. The van der Waals surface area contributed by atoms with Crippen LogP contribution in [0.5, 0.6) is 0 Å². The fraction of sp³-hybridized carbons (Fsp3) is 0.773. The molecule has 0 aromatic heterocycles. The Hall–Kier alpha value is -1.07. The zero-order chi connectivity index (χ0) is 17.2. The number of rotatable bonds is 1. The molecule has 3 saturated carbocycles. The van der Waals surface area contributed by atoms with Crippen LogP contribution >= 0.6 is 0 Å². The van der Waals surface area contributed by atoms with E-state index in [4.69, 9.17) is 6.42 Å². The summed E-state index contributed by atoms with van der Waals surface area (Å²) in [6, 6.07) is 0. The summed E-state index contributed by atoms with van der Waals surface area (Å²) < 4.78 is 0. The number of hydrogen-bond donors (Lipinski definition) is 1. The summed E-state index contributed by atoms with van der Waals surface area (Å²) in [5.41, 5.74) is 0.665. The van der Waals surface area contributed by atoms with Gasteiger partial charge in [0.1, 0.15) is 5.60 Å². The molecule has 0 aliphatic heterocycles. The van der Waals surface area contributed by atoms with Crippen molar-refractivity contribution in [3.63, 3.8) is 0 Å². The van der Waals surface area contributed by atoms with Crippen molar-refractivity contribution < 1.29 is 9.90 Å². The summed E-state index contributed by atoms with van der Waals surface area (Å²) in [4.78, 5) is 11.8. The first-order chi connectivity index (χ1) is 11.4. The minimum absolute atomic E-state index is 0.0985. The SMILES string of the molecule is C#C[C@]1(O)CC[C@H]2[C@]3(C)CCC4=CC(=O)CC[C@@H]4[C@H]3CC[C@@]21CC. The predicted molar refractivity (Wildman–Crippen MR) is 95.1 cm³/mol. The molecule has 0 bridgehead atoms. The smallest absolute Gasteiger partial charge is 0.155 e. The molecule has 0 spiro atoms. The van der Waals surface area contributed by atoms with E-state index in [1.54, 1.807) is 0 Å². The monoisotopic (exact) mass is 326 g/mol. The molecule has 0 unspecified atom stereocenters. The van der Waals surface area contributed by atoms with Crippen LogP contribution < -0.4 is 0 Å². The number of aliphatic hydroxyl groups is 1. The highest BCUT2D eigenvalue weighted by Crippen LogP contribution is 2.70. The number of carbonyl (C=O) groups excluding carboxylic acids is 1. The first-order valence-corrected chi connectivity index (χ1v) is 9.83. The van der Waals surface area contributed by atoms with Gasteiger partial charge in [-0.15, -0.1) is 6.42 Å². The summed E-state index contributed by atoms with van der Waals surface area (Å²) in [7, 11) is 0. The normalized spacial score (nSPS) is 50.3. The van der Waals surface area contributed by atoms with Crippen molar-refractivity contribution in [2.75, 3.05) is 0 Å².